The highest BCUT2D eigenvalue weighted by Crippen LogP contribution is 2.32. The van der Waals surface area contributed by atoms with Gasteiger partial charge in [0.25, 0.3) is 0 Å². The molecule has 1 aliphatic rings. The molecule has 0 saturated carbocycles. The van der Waals surface area contributed by atoms with Gasteiger partial charge in [0.2, 0.25) is 11.8 Å². The zero-order chi connectivity index (χ0) is 32.2. The van der Waals surface area contributed by atoms with Crippen molar-refractivity contribution < 1.29 is 19.1 Å². The summed E-state index contributed by atoms with van der Waals surface area (Å²) in [5.74, 6) is 0.574. The lowest BCUT2D eigenvalue weighted by molar-refractivity contribution is -0.143. The average Bonchev–Trinajstić information content (AvgIpc) is 3.49. The van der Waals surface area contributed by atoms with E-state index in [2.05, 4.69) is 25.9 Å². The molecule has 11 heteroatoms. The number of carbonyl (C=O) groups is 3. The van der Waals surface area contributed by atoms with Crippen LogP contribution in [0.4, 0.5) is 17.2 Å². The summed E-state index contributed by atoms with van der Waals surface area (Å²) in [7, 11) is 7.24. The third-order valence-electron chi connectivity index (χ3n) is 8.18. The Kier molecular flexibility index (Phi) is 10.1. The first-order valence-corrected chi connectivity index (χ1v) is 15.0. The Morgan fingerprint density at radius 1 is 1.11 bits per heavy atom. The number of rotatable bonds is 11. The van der Waals surface area contributed by atoms with Crippen LogP contribution >= 0.6 is 0 Å². The Bertz CT molecular complexity index is 1500. The molecule has 2 aromatic carbocycles. The van der Waals surface area contributed by atoms with Gasteiger partial charge in [0.05, 0.1) is 24.7 Å². The van der Waals surface area contributed by atoms with Crippen molar-refractivity contribution >= 4 is 45.7 Å². The van der Waals surface area contributed by atoms with Gasteiger partial charge in [-0.15, -0.1) is 0 Å². The molecule has 1 aliphatic heterocycles. The fourth-order valence-corrected chi connectivity index (χ4v) is 5.42. The van der Waals surface area contributed by atoms with Gasteiger partial charge < -0.3 is 30.5 Å². The summed E-state index contributed by atoms with van der Waals surface area (Å²) in [6.07, 6.45) is 2.84. The number of amides is 2. The van der Waals surface area contributed by atoms with Gasteiger partial charge in [-0.25, -0.2) is 9.97 Å². The summed E-state index contributed by atoms with van der Waals surface area (Å²) in [4.78, 5) is 53.0. The molecular weight excluding hydrogens is 558 g/mol. The lowest BCUT2D eigenvalue weighted by Gasteiger charge is -2.36. The average molecular weight is 604 g/mol. The number of ether oxygens (including phenoxy) is 1. The number of fused-ring (bicyclic) bond motifs is 1. The molecule has 0 radical (unpaired) electrons. The normalized spacial score (nSPS) is 16.4. The molecule has 1 saturated heterocycles. The van der Waals surface area contributed by atoms with Gasteiger partial charge in [0.15, 0.2) is 5.78 Å². The van der Waals surface area contributed by atoms with Gasteiger partial charge in [-0.05, 0) is 62.6 Å². The molecule has 0 unspecified atom stereocenters. The summed E-state index contributed by atoms with van der Waals surface area (Å²) in [6, 6.07) is 9.88. The molecule has 11 nitrogen and oxygen atoms in total. The fourth-order valence-electron chi connectivity index (χ4n) is 5.42. The number of likely N-dealkylation sites (tertiary alicyclic amines) is 1. The molecule has 4 rings (SSSR count). The van der Waals surface area contributed by atoms with Crippen molar-refractivity contribution in [3.8, 4) is 5.75 Å². The predicted molar refractivity (Wildman–Crippen MR) is 173 cm³/mol. The molecule has 3 aromatic rings. The summed E-state index contributed by atoms with van der Waals surface area (Å²) < 4.78 is 5.67. The van der Waals surface area contributed by atoms with Crippen LogP contribution in [-0.4, -0.2) is 85.4 Å². The summed E-state index contributed by atoms with van der Waals surface area (Å²) in [6.45, 7) is 7.94. The number of nitrogens with zero attached hydrogens (tertiary/aromatic N) is 4. The van der Waals surface area contributed by atoms with E-state index in [1.54, 1.807) is 26.0 Å². The quantitative estimate of drug-likeness (QED) is 0.301. The third kappa shape index (κ3) is 7.27. The number of aromatic nitrogens is 2. The Morgan fingerprint density at radius 2 is 1.82 bits per heavy atom. The van der Waals surface area contributed by atoms with Crippen molar-refractivity contribution in [2.75, 3.05) is 45.0 Å². The van der Waals surface area contributed by atoms with Crippen molar-refractivity contribution in [1.29, 1.82) is 0 Å². The Morgan fingerprint density at radius 3 is 2.43 bits per heavy atom. The Labute approximate surface area is 259 Å². The van der Waals surface area contributed by atoms with E-state index in [0.717, 1.165) is 16.8 Å². The van der Waals surface area contributed by atoms with Gasteiger partial charge in [-0.3, -0.25) is 14.4 Å². The van der Waals surface area contributed by atoms with E-state index in [4.69, 9.17) is 4.74 Å². The number of benzene rings is 2. The van der Waals surface area contributed by atoms with Crippen molar-refractivity contribution in [3.63, 3.8) is 0 Å². The van der Waals surface area contributed by atoms with Crippen LogP contribution < -0.4 is 25.6 Å². The summed E-state index contributed by atoms with van der Waals surface area (Å²) >= 11 is 0. The number of anilines is 3. The molecule has 44 heavy (non-hydrogen) atoms. The highest BCUT2D eigenvalue weighted by molar-refractivity contribution is 5.97. The van der Waals surface area contributed by atoms with E-state index in [1.165, 1.54) is 6.33 Å². The van der Waals surface area contributed by atoms with Gasteiger partial charge in [0, 0.05) is 55.5 Å². The summed E-state index contributed by atoms with van der Waals surface area (Å²) in [5.41, 5.74) is 2.77. The highest BCUT2D eigenvalue weighted by atomic mass is 16.5. The van der Waals surface area contributed by atoms with Gasteiger partial charge in [-0.2, -0.15) is 0 Å². The SMILES string of the molecule is CN[C@@H](C)C(=O)N[C@H](C(=O)N1CCC[C@H]1C(=O)Cc1cc2c(Nc3ccc(N(C)C)cc3)ncnc2cc1OC)C(C)(C)C. The molecule has 1 fully saturated rings. The van der Waals surface area contributed by atoms with Crippen LogP contribution in [0.3, 0.4) is 0 Å². The van der Waals surface area contributed by atoms with E-state index in [9.17, 15) is 14.4 Å². The van der Waals surface area contributed by atoms with Crippen LogP contribution in [0.5, 0.6) is 5.75 Å². The molecule has 3 atom stereocenters. The van der Waals surface area contributed by atoms with E-state index >= 15 is 0 Å². The standard InChI is InChI=1S/C33H45N7O4/c1-20(34-5)31(42)38-29(33(2,3)4)32(43)40-15-9-10-26(40)27(41)17-21-16-24-25(18-28(21)44-8)35-19-36-30(24)37-22-11-13-23(14-12-22)39(6)7/h11-14,16,18-20,26,29,34H,9-10,15,17H2,1-8H3,(H,38,42)(H,35,36,37)/t20-,26-,29+/m0/s1. The number of Topliss-reactive ketones (excluding diaryl/α,β-unsaturated/α-hetero) is 1. The maximum Gasteiger partial charge on any atom is 0.246 e. The molecule has 2 heterocycles. The smallest absolute Gasteiger partial charge is 0.246 e. The first-order valence-electron chi connectivity index (χ1n) is 15.0. The lowest BCUT2D eigenvalue weighted by Crippen LogP contribution is -2.58. The monoisotopic (exact) mass is 603 g/mol. The largest absolute Gasteiger partial charge is 0.496 e. The van der Waals surface area contributed by atoms with Gasteiger partial charge in [0.1, 0.15) is 23.9 Å². The zero-order valence-electron chi connectivity index (χ0n) is 27.0. The van der Waals surface area contributed by atoms with Crippen LogP contribution in [0.1, 0.15) is 46.1 Å². The number of carbonyl (C=O) groups excluding carboxylic acids is 3. The second-order valence-electron chi connectivity index (χ2n) is 12.6. The van der Waals surface area contributed by atoms with E-state index in [0.29, 0.717) is 42.0 Å². The number of hydrogen-bond donors (Lipinski definition) is 3. The number of likely N-dealkylation sites (N-methyl/N-ethyl adjacent to an activating group) is 1. The minimum atomic E-state index is -0.771. The van der Waals surface area contributed by atoms with Gasteiger partial charge >= 0.3 is 0 Å². The highest BCUT2D eigenvalue weighted by Gasteiger charge is 2.42. The minimum absolute atomic E-state index is 0.0722. The topological polar surface area (TPSA) is 129 Å². The molecule has 2 amide bonds. The van der Waals surface area contributed by atoms with Crippen LogP contribution in [0.2, 0.25) is 0 Å². The third-order valence-corrected chi connectivity index (χ3v) is 8.18. The predicted octanol–water partition coefficient (Wildman–Crippen LogP) is 3.69. The Hall–Kier alpha value is -4.25. The molecule has 0 aliphatic carbocycles. The second kappa shape index (κ2) is 13.6. The van der Waals surface area contributed by atoms with Crippen molar-refractivity contribution in [1.82, 2.24) is 25.5 Å². The van der Waals surface area contributed by atoms with E-state index < -0.39 is 23.5 Å². The fraction of sp³-hybridized carbons (Fsp3) is 0.485. The van der Waals surface area contributed by atoms with Crippen molar-refractivity contribution in [2.45, 2.75) is 65.1 Å². The number of nitrogens with one attached hydrogen (secondary N) is 3. The maximum absolute atomic E-state index is 13.9. The number of hydrogen-bond acceptors (Lipinski definition) is 9. The van der Waals surface area contributed by atoms with E-state index in [1.807, 2.05) is 76.2 Å². The molecule has 0 spiro atoms. The molecule has 0 bridgehead atoms. The minimum Gasteiger partial charge on any atom is -0.496 e. The molecule has 3 N–H and O–H groups in total. The second-order valence-corrected chi connectivity index (χ2v) is 12.6. The lowest BCUT2D eigenvalue weighted by atomic mass is 9.85. The summed E-state index contributed by atoms with van der Waals surface area (Å²) in [5, 5.41) is 9.96. The van der Waals surface area contributed by atoms with Crippen LogP contribution in [-0.2, 0) is 20.8 Å². The maximum atomic E-state index is 13.9. The van der Waals surface area contributed by atoms with Crippen molar-refractivity contribution in [2.24, 2.45) is 5.41 Å². The Balaban J connectivity index is 1.59. The van der Waals surface area contributed by atoms with Crippen LogP contribution in [0.25, 0.3) is 10.9 Å². The van der Waals surface area contributed by atoms with Crippen LogP contribution in [0, 0.1) is 5.41 Å². The molecule has 1 aromatic heterocycles. The van der Waals surface area contributed by atoms with E-state index in [-0.39, 0.29) is 24.0 Å². The molecular formula is C33H45N7O4. The number of methoxy groups -OCH3 is 1. The first kappa shape index (κ1) is 32.7. The number of ketones is 1. The first-order chi connectivity index (χ1) is 20.8. The van der Waals surface area contributed by atoms with Gasteiger partial charge in [-0.1, -0.05) is 20.8 Å². The molecule has 236 valence electrons. The zero-order valence-corrected chi connectivity index (χ0v) is 27.0. The van der Waals surface area contributed by atoms with Crippen LogP contribution in [0.15, 0.2) is 42.7 Å². The van der Waals surface area contributed by atoms with Crippen molar-refractivity contribution in [3.05, 3.63) is 48.3 Å².